The monoisotopic (exact) mass is 343 g/mol. The lowest BCUT2D eigenvalue weighted by molar-refractivity contribution is -0.713. The summed E-state index contributed by atoms with van der Waals surface area (Å²) < 4.78 is 10.6. The predicted molar refractivity (Wildman–Crippen MR) is 98.8 cm³/mol. The Kier molecular flexibility index (Phi) is 6.98. The molecule has 134 valence electrons. The van der Waals surface area contributed by atoms with Gasteiger partial charge in [-0.15, -0.1) is 0 Å². The molecule has 0 heterocycles. The number of amides is 1. The number of benzene rings is 2. The number of anilines is 1. The van der Waals surface area contributed by atoms with E-state index in [2.05, 4.69) is 5.32 Å². The van der Waals surface area contributed by atoms with Crippen molar-refractivity contribution in [3.05, 3.63) is 59.7 Å². The number of methoxy groups -OCH3 is 2. The zero-order valence-electron chi connectivity index (χ0n) is 15.3. The fraction of sp³-hybridized carbons (Fsp3) is 0.350. The van der Waals surface area contributed by atoms with E-state index in [1.165, 1.54) is 0 Å². The normalized spacial score (nSPS) is 13.1. The Morgan fingerprint density at radius 3 is 2.52 bits per heavy atom. The molecule has 25 heavy (non-hydrogen) atoms. The third-order valence-electron chi connectivity index (χ3n) is 4.00. The predicted octanol–water partition coefficient (Wildman–Crippen LogP) is 2.28. The van der Waals surface area contributed by atoms with Crippen LogP contribution in [0.25, 0.3) is 0 Å². The molecule has 2 rings (SSSR count). The van der Waals surface area contributed by atoms with Crippen LogP contribution in [-0.4, -0.2) is 32.8 Å². The number of nitrogens with one attached hydrogen (secondary N) is 1. The van der Waals surface area contributed by atoms with Crippen LogP contribution in [0.5, 0.6) is 5.75 Å². The molecule has 1 amide bonds. The fourth-order valence-corrected chi connectivity index (χ4v) is 2.79. The van der Waals surface area contributed by atoms with Gasteiger partial charge >= 0.3 is 0 Å². The van der Waals surface area contributed by atoms with Crippen molar-refractivity contribution in [3.63, 3.8) is 0 Å². The summed E-state index contributed by atoms with van der Waals surface area (Å²) in [5.41, 5.74) is 2.69. The van der Waals surface area contributed by atoms with Crippen LogP contribution in [0.4, 0.5) is 5.69 Å². The summed E-state index contributed by atoms with van der Waals surface area (Å²) in [4.78, 5) is 13.0. The van der Waals surface area contributed by atoms with Gasteiger partial charge in [0, 0.05) is 12.7 Å². The number of ether oxygens (including phenoxy) is 2. The summed E-state index contributed by atoms with van der Waals surface area (Å²) in [5, 5.41) is 5.04. The Morgan fingerprint density at radius 1 is 1.16 bits per heavy atom. The third kappa shape index (κ3) is 5.31. The van der Waals surface area contributed by atoms with Crippen LogP contribution in [0.1, 0.15) is 24.1 Å². The minimum Gasteiger partial charge on any atom is -0.495 e. The van der Waals surface area contributed by atoms with Gasteiger partial charge in [-0.05, 0) is 31.5 Å². The van der Waals surface area contributed by atoms with Crippen LogP contribution in [-0.2, 0) is 9.53 Å². The molecule has 3 N–H and O–H groups in total. The van der Waals surface area contributed by atoms with E-state index in [-0.39, 0.29) is 18.0 Å². The van der Waals surface area contributed by atoms with Crippen molar-refractivity contribution in [3.8, 4) is 5.75 Å². The van der Waals surface area contributed by atoms with Crippen molar-refractivity contribution in [1.29, 1.82) is 0 Å². The first-order chi connectivity index (χ1) is 12.0. The molecule has 2 aromatic carbocycles. The lowest BCUT2D eigenvalue weighted by Crippen LogP contribution is -2.92. The van der Waals surface area contributed by atoms with E-state index in [4.69, 9.17) is 9.47 Å². The summed E-state index contributed by atoms with van der Waals surface area (Å²) >= 11 is 0. The number of aryl methyl sites for hydroxylation is 1. The van der Waals surface area contributed by atoms with Crippen molar-refractivity contribution in [2.24, 2.45) is 0 Å². The number of hydrogen-bond donors (Lipinski definition) is 2. The number of quaternary nitrogens is 1. The summed E-state index contributed by atoms with van der Waals surface area (Å²) in [6.45, 7) is 4.60. The van der Waals surface area contributed by atoms with Gasteiger partial charge in [0.05, 0.1) is 19.4 Å². The maximum Gasteiger partial charge on any atom is 0.287 e. The number of hydrogen-bond acceptors (Lipinski definition) is 3. The molecule has 0 radical (unpaired) electrons. The van der Waals surface area contributed by atoms with Crippen LogP contribution in [0.2, 0.25) is 0 Å². The van der Waals surface area contributed by atoms with Gasteiger partial charge in [0.1, 0.15) is 11.8 Å². The van der Waals surface area contributed by atoms with E-state index in [0.29, 0.717) is 18.0 Å². The first-order valence-electron chi connectivity index (χ1n) is 8.39. The van der Waals surface area contributed by atoms with E-state index in [1.807, 2.05) is 67.7 Å². The molecule has 5 nitrogen and oxygen atoms in total. The Balaban J connectivity index is 2.25. The molecule has 0 aromatic heterocycles. The largest absolute Gasteiger partial charge is 0.495 e. The summed E-state index contributed by atoms with van der Waals surface area (Å²) in [6, 6.07) is 15.3. The average molecular weight is 343 g/mol. The van der Waals surface area contributed by atoms with Crippen LogP contribution in [0, 0.1) is 6.92 Å². The van der Waals surface area contributed by atoms with Crippen molar-refractivity contribution >= 4 is 11.6 Å². The van der Waals surface area contributed by atoms with E-state index in [1.54, 1.807) is 14.2 Å². The highest BCUT2D eigenvalue weighted by Gasteiger charge is 2.27. The minimum atomic E-state index is -0.364. The van der Waals surface area contributed by atoms with Crippen LogP contribution < -0.4 is 15.4 Å². The van der Waals surface area contributed by atoms with Gasteiger partial charge in [0.15, 0.2) is 6.04 Å². The van der Waals surface area contributed by atoms with Crippen molar-refractivity contribution in [2.75, 3.05) is 26.1 Å². The maximum atomic E-state index is 13.0. The summed E-state index contributed by atoms with van der Waals surface area (Å²) in [7, 11) is 3.27. The molecule has 5 heteroatoms. The molecule has 0 aliphatic rings. The second kappa shape index (κ2) is 9.20. The first kappa shape index (κ1) is 19.0. The molecular weight excluding hydrogens is 316 g/mol. The lowest BCUT2D eigenvalue weighted by atomic mass is 10.0. The van der Waals surface area contributed by atoms with Gasteiger partial charge in [-0.25, -0.2) is 0 Å². The SMILES string of the molecule is COC[C@@H](C)[NH2+][C@@H](C(=O)Nc1cc(C)ccc1OC)c1ccccc1. The van der Waals surface area contributed by atoms with Gasteiger partial charge in [-0.3, -0.25) is 4.79 Å². The Hall–Kier alpha value is -2.37. The zero-order chi connectivity index (χ0) is 18.2. The molecular formula is C20H27N2O3+. The Labute approximate surface area is 149 Å². The number of rotatable bonds is 8. The molecule has 0 saturated heterocycles. The molecule has 0 fully saturated rings. The molecule has 0 unspecified atom stereocenters. The molecule has 0 aliphatic heterocycles. The molecule has 0 aliphatic carbocycles. The van der Waals surface area contributed by atoms with E-state index >= 15 is 0 Å². The van der Waals surface area contributed by atoms with Crippen molar-refractivity contribution < 1.29 is 19.6 Å². The maximum absolute atomic E-state index is 13.0. The minimum absolute atomic E-state index is 0.0851. The molecule has 0 bridgehead atoms. The van der Waals surface area contributed by atoms with E-state index in [0.717, 1.165) is 11.1 Å². The van der Waals surface area contributed by atoms with Gasteiger partial charge in [0.2, 0.25) is 0 Å². The topological polar surface area (TPSA) is 64.2 Å². The zero-order valence-corrected chi connectivity index (χ0v) is 15.3. The highest BCUT2D eigenvalue weighted by molar-refractivity contribution is 5.95. The molecule has 0 spiro atoms. The smallest absolute Gasteiger partial charge is 0.287 e. The Bertz CT molecular complexity index is 689. The van der Waals surface area contributed by atoms with Gasteiger partial charge < -0.3 is 20.1 Å². The van der Waals surface area contributed by atoms with Gasteiger partial charge in [-0.2, -0.15) is 0 Å². The number of carbonyl (C=O) groups is 1. The highest BCUT2D eigenvalue weighted by Crippen LogP contribution is 2.26. The van der Waals surface area contributed by atoms with Gasteiger partial charge in [0.25, 0.3) is 5.91 Å². The number of nitrogens with two attached hydrogens (primary N) is 1. The molecule has 2 aromatic rings. The van der Waals surface area contributed by atoms with Gasteiger partial charge in [-0.1, -0.05) is 36.4 Å². The number of carbonyl (C=O) groups excluding carboxylic acids is 1. The summed E-state index contributed by atoms with van der Waals surface area (Å²) in [6.07, 6.45) is 0. The van der Waals surface area contributed by atoms with Crippen LogP contribution in [0.3, 0.4) is 0 Å². The van der Waals surface area contributed by atoms with Crippen molar-refractivity contribution in [2.45, 2.75) is 25.9 Å². The highest BCUT2D eigenvalue weighted by atomic mass is 16.5. The van der Waals surface area contributed by atoms with Crippen LogP contribution in [0.15, 0.2) is 48.5 Å². The fourth-order valence-electron chi connectivity index (χ4n) is 2.79. The average Bonchev–Trinajstić information content (AvgIpc) is 2.61. The lowest BCUT2D eigenvalue weighted by Gasteiger charge is -2.20. The summed E-state index contributed by atoms with van der Waals surface area (Å²) in [5.74, 6) is 0.564. The van der Waals surface area contributed by atoms with E-state index < -0.39 is 0 Å². The quantitative estimate of drug-likeness (QED) is 0.773. The third-order valence-corrected chi connectivity index (χ3v) is 4.00. The Morgan fingerprint density at radius 2 is 1.88 bits per heavy atom. The second-order valence-corrected chi connectivity index (χ2v) is 6.21. The van der Waals surface area contributed by atoms with E-state index in [9.17, 15) is 4.79 Å². The second-order valence-electron chi connectivity index (χ2n) is 6.21. The van der Waals surface area contributed by atoms with Crippen molar-refractivity contribution in [1.82, 2.24) is 0 Å². The molecule has 0 saturated carbocycles. The molecule has 2 atom stereocenters. The first-order valence-corrected chi connectivity index (χ1v) is 8.39. The standard InChI is InChI=1S/C20H26N2O3/c1-14-10-11-18(25-4)17(12-14)22-20(23)19(21-15(2)13-24-3)16-8-6-5-7-9-16/h5-12,15,19,21H,13H2,1-4H3,(H,22,23)/p+1/t15-,19-/m1/s1. The van der Waals surface area contributed by atoms with Crippen LogP contribution >= 0.6 is 0 Å².